The lowest BCUT2D eigenvalue weighted by Gasteiger charge is -2.14. The normalized spacial score (nSPS) is 12.6. The van der Waals surface area contributed by atoms with Crippen molar-refractivity contribution >= 4 is 23.3 Å². The van der Waals surface area contributed by atoms with Crippen LogP contribution in [0.3, 0.4) is 0 Å². The van der Waals surface area contributed by atoms with Crippen LogP contribution in [0.25, 0.3) is 0 Å². The van der Waals surface area contributed by atoms with Gasteiger partial charge in [0.25, 0.3) is 0 Å². The molecule has 84 valence electrons. The summed E-state index contributed by atoms with van der Waals surface area (Å²) < 4.78 is 4.99. The van der Waals surface area contributed by atoms with Gasteiger partial charge in [-0.15, -0.1) is 0 Å². The zero-order valence-electron chi connectivity index (χ0n) is 9.18. The second kappa shape index (κ2) is 5.43. The Kier molecular flexibility index (Phi) is 3.93. The van der Waals surface area contributed by atoms with Crippen LogP contribution in [0, 0.1) is 0 Å². The van der Waals surface area contributed by atoms with Gasteiger partial charge < -0.3 is 5.32 Å². The summed E-state index contributed by atoms with van der Waals surface area (Å²) in [6, 6.07) is 8.72. The zero-order chi connectivity index (χ0) is 11.4. The third-order valence-corrected chi connectivity index (χ3v) is 4.16. The van der Waals surface area contributed by atoms with Gasteiger partial charge in [-0.1, -0.05) is 30.0 Å². The Morgan fingerprint density at radius 3 is 2.88 bits per heavy atom. The van der Waals surface area contributed by atoms with E-state index in [-0.39, 0.29) is 0 Å². The number of aromatic nitrogens is 2. The van der Waals surface area contributed by atoms with Crippen molar-refractivity contribution in [1.29, 1.82) is 0 Å². The van der Waals surface area contributed by atoms with E-state index in [0.717, 1.165) is 4.34 Å². The van der Waals surface area contributed by atoms with Crippen molar-refractivity contribution in [3.8, 4) is 0 Å². The molecule has 0 fully saturated rings. The van der Waals surface area contributed by atoms with Gasteiger partial charge in [-0.25, -0.2) is 4.98 Å². The minimum atomic E-state index is 0.344. The van der Waals surface area contributed by atoms with Gasteiger partial charge in [0, 0.05) is 10.9 Å². The van der Waals surface area contributed by atoms with E-state index in [1.807, 2.05) is 7.05 Å². The standard InChI is InChI=1S/C11H13N3S2/c1-8(12-2)9-5-3-4-6-10(9)15-11-13-7-14-16-11/h3-8,12H,1-2H3. The minimum Gasteiger partial charge on any atom is -0.313 e. The van der Waals surface area contributed by atoms with Crippen LogP contribution in [0.2, 0.25) is 0 Å². The quantitative estimate of drug-likeness (QED) is 0.906. The maximum atomic E-state index is 4.19. The molecule has 0 aliphatic carbocycles. The monoisotopic (exact) mass is 251 g/mol. The van der Waals surface area contributed by atoms with Gasteiger partial charge in [0.15, 0.2) is 4.34 Å². The lowest BCUT2D eigenvalue weighted by atomic mass is 10.1. The van der Waals surface area contributed by atoms with E-state index >= 15 is 0 Å². The summed E-state index contributed by atoms with van der Waals surface area (Å²) in [5.41, 5.74) is 1.30. The van der Waals surface area contributed by atoms with Gasteiger partial charge in [-0.3, -0.25) is 0 Å². The summed E-state index contributed by atoms with van der Waals surface area (Å²) in [5, 5.41) is 3.26. The van der Waals surface area contributed by atoms with E-state index in [1.165, 1.54) is 22.0 Å². The van der Waals surface area contributed by atoms with Gasteiger partial charge in [0.2, 0.25) is 0 Å². The predicted octanol–water partition coefficient (Wildman–Crippen LogP) is 2.97. The van der Waals surface area contributed by atoms with Crippen LogP contribution in [0.15, 0.2) is 39.8 Å². The van der Waals surface area contributed by atoms with Crippen LogP contribution >= 0.6 is 23.3 Å². The maximum absolute atomic E-state index is 4.19. The molecule has 1 heterocycles. The lowest BCUT2D eigenvalue weighted by Crippen LogP contribution is -2.12. The average molecular weight is 251 g/mol. The van der Waals surface area contributed by atoms with Crippen LogP contribution in [0.1, 0.15) is 18.5 Å². The van der Waals surface area contributed by atoms with Crippen LogP contribution in [0.4, 0.5) is 0 Å². The highest BCUT2D eigenvalue weighted by Crippen LogP contribution is 2.33. The first-order chi connectivity index (χ1) is 7.81. The smallest absolute Gasteiger partial charge is 0.174 e. The van der Waals surface area contributed by atoms with E-state index in [4.69, 9.17) is 0 Å². The number of rotatable bonds is 4. The summed E-state index contributed by atoms with van der Waals surface area (Å²) >= 11 is 3.10. The fraction of sp³-hybridized carbons (Fsp3) is 0.273. The molecular formula is C11H13N3S2. The van der Waals surface area contributed by atoms with Gasteiger partial charge in [-0.05, 0) is 37.1 Å². The predicted molar refractivity (Wildman–Crippen MR) is 67.9 cm³/mol. The first-order valence-corrected chi connectivity index (χ1v) is 6.61. The van der Waals surface area contributed by atoms with Crippen LogP contribution in [0.5, 0.6) is 0 Å². The molecule has 2 aromatic rings. The Hall–Kier alpha value is -0.910. The molecule has 2 rings (SSSR count). The summed E-state index contributed by atoms with van der Waals surface area (Å²) in [6.07, 6.45) is 1.59. The van der Waals surface area contributed by atoms with Gasteiger partial charge in [0.05, 0.1) is 0 Å². The van der Waals surface area contributed by atoms with E-state index < -0.39 is 0 Å². The topological polar surface area (TPSA) is 37.8 Å². The number of nitrogens with one attached hydrogen (secondary N) is 1. The van der Waals surface area contributed by atoms with Crippen molar-refractivity contribution in [2.24, 2.45) is 0 Å². The molecule has 0 saturated heterocycles. The fourth-order valence-electron chi connectivity index (χ4n) is 1.39. The molecule has 0 spiro atoms. The van der Waals surface area contributed by atoms with E-state index in [1.54, 1.807) is 18.1 Å². The van der Waals surface area contributed by atoms with E-state index in [0.29, 0.717) is 6.04 Å². The lowest BCUT2D eigenvalue weighted by molar-refractivity contribution is 0.641. The molecule has 0 bridgehead atoms. The van der Waals surface area contributed by atoms with Gasteiger partial charge >= 0.3 is 0 Å². The van der Waals surface area contributed by atoms with Crippen molar-refractivity contribution < 1.29 is 0 Å². The molecule has 1 unspecified atom stereocenters. The molecule has 1 N–H and O–H groups in total. The summed E-state index contributed by atoms with van der Waals surface area (Å²) in [4.78, 5) is 5.42. The van der Waals surface area contributed by atoms with Crippen molar-refractivity contribution in [3.05, 3.63) is 36.2 Å². The molecule has 0 aliphatic rings. The molecule has 0 saturated carbocycles. The second-order valence-electron chi connectivity index (χ2n) is 3.36. The number of nitrogens with zero attached hydrogens (tertiary/aromatic N) is 2. The highest BCUT2D eigenvalue weighted by molar-refractivity contribution is 8.01. The van der Waals surface area contributed by atoms with Crippen LogP contribution in [-0.4, -0.2) is 16.4 Å². The molecule has 1 aromatic heterocycles. The summed E-state index contributed by atoms with van der Waals surface area (Å²) in [6.45, 7) is 2.15. The fourth-order valence-corrected chi connectivity index (χ4v) is 3.01. The Bertz CT molecular complexity index is 442. The number of hydrogen-bond acceptors (Lipinski definition) is 5. The second-order valence-corrected chi connectivity index (χ2v) is 5.43. The molecule has 0 aliphatic heterocycles. The first kappa shape index (κ1) is 11.6. The number of benzene rings is 1. The van der Waals surface area contributed by atoms with Crippen molar-refractivity contribution in [1.82, 2.24) is 14.7 Å². The highest BCUT2D eigenvalue weighted by atomic mass is 32.2. The molecule has 1 aromatic carbocycles. The van der Waals surface area contributed by atoms with Gasteiger partial charge in [0.1, 0.15) is 6.33 Å². The SMILES string of the molecule is CNC(C)c1ccccc1Sc1ncns1. The Morgan fingerprint density at radius 2 is 2.19 bits per heavy atom. The Morgan fingerprint density at radius 1 is 1.38 bits per heavy atom. The largest absolute Gasteiger partial charge is 0.313 e. The number of hydrogen-bond donors (Lipinski definition) is 1. The molecule has 16 heavy (non-hydrogen) atoms. The molecule has 1 atom stereocenters. The van der Waals surface area contributed by atoms with Crippen molar-refractivity contribution in [3.63, 3.8) is 0 Å². The van der Waals surface area contributed by atoms with Crippen LogP contribution < -0.4 is 5.32 Å². The summed E-state index contributed by atoms with van der Waals surface area (Å²) in [5.74, 6) is 0. The van der Waals surface area contributed by atoms with Gasteiger partial charge in [-0.2, -0.15) is 4.37 Å². The highest BCUT2D eigenvalue weighted by Gasteiger charge is 2.10. The average Bonchev–Trinajstić information content (AvgIpc) is 2.82. The Balaban J connectivity index is 2.26. The maximum Gasteiger partial charge on any atom is 0.174 e. The molecular weight excluding hydrogens is 238 g/mol. The first-order valence-electron chi connectivity index (χ1n) is 5.02. The van der Waals surface area contributed by atoms with E-state index in [9.17, 15) is 0 Å². The van der Waals surface area contributed by atoms with Crippen molar-refractivity contribution in [2.75, 3.05) is 7.05 Å². The van der Waals surface area contributed by atoms with Crippen molar-refractivity contribution in [2.45, 2.75) is 22.2 Å². The summed E-state index contributed by atoms with van der Waals surface area (Å²) in [7, 11) is 1.97. The minimum absolute atomic E-state index is 0.344. The molecule has 0 radical (unpaired) electrons. The third-order valence-electron chi connectivity index (χ3n) is 2.36. The van der Waals surface area contributed by atoms with E-state index in [2.05, 4.69) is 45.9 Å². The zero-order valence-corrected chi connectivity index (χ0v) is 10.8. The molecule has 0 amide bonds. The molecule has 3 nitrogen and oxygen atoms in total. The van der Waals surface area contributed by atoms with Crippen LogP contribution in [-0.2, 0) is 0 Å². The Labute approximate surface area is 103 Å². The molecule has 5 heteroatoms. The third kappa shape index (κ3) is 2.61.